The van der Waals surface area contributed by atoms with Gasteiger partial charge in [-0.15, -0.1) is 0 Å². The molecule has 0 aliphatic carbocycles. The molecule has 0 amide bonds. The van der Waals surface area contributed by atoms with Crippen molar-refractivity contribution in [3.05, 3.63) is 123 Å². The van der Waals surface area contributed by atoms with E-state index in [0.717, 1.165) is 24.3 Å². The molecule has 0 atom stereocenters. The van der Waals surface area contributed by atoms with Gasteiger partial charge in [0, 0.05) is 52.7 Å². The summed E-state index contributed by atoms with van der Waals surface area (Å²) < 4.78 is 26.2. The van der Waals surface area contributed by atoms with Gasteiger partial charge in [-0.05, 0) is 34.6 Å². The number of methoxy groups -OCH3 is 2. The molecule has 51 heavy (non-hydrogen) atoms. The van der Waals surface area contributed by atoms with Gasteiger partial charge in [0.2, 0.25) is 0 Å². The molecule has 294 valence electrons. The zero-order chi connectivity index (χ0) is 41.6. The maximum Gasteiger partial charge on any atom is 0.330 e. The number of hydrogen-bond acceptors (Lipinski definition) is 10. The highest BCUT2D eigenvalue weighted by Crippen LogP contribution is 1.92. The normalized spacial score (nSPS) is 7.24. The maximum atomic E-state index is 10.1. The van der Waals surface area contributed by atoms with Crippen LogP contribution in [0.25, 0.3) is 0 Å². The average Bonchev–Trinajstić information content (AvgIpc) is 3.16. The van der Waals surface area contributed by atoms with E-state index in [0.29, 0.717) is 26.4 Å². The van der Waals surface area contributed by atoms with Crippen molar-refractivity contribution in [2.45, 2.75) is 62.3 Å². The standard InChI is InChI=1S/C7H8.C6H6.4C5H8O2.2C2H6O.2C2H6/c1-7-5-3-2-4-6-7;1-2-4-6-5-3-1;4*1-3-5(6)7-4-2;2*1-3-2;2*1-2/h2-6H,1H3;1-6H;4*3H,1,4H2,2H3;2*1-2H3;2*1-2H3. The Morgan fingerprint density at radius 2 is 0.608 bits per heavy atom. The molecule has 0 spiro atoms. The van der Waals surface area contributed by atoms with E-state index in [2.05, 4.69) is 73.8 Å². The molecule has 0 radical (unpaired) electrons. The highest BCUT2D eigenvalue weighted by molar-refractivity contribution is 5.82. The van der Waals surface area contributed by atoms with E-state index in [-0.39, 0.29) is 23.9 Å². The highest BCUT2D eigenvalue weighted by atomic mass is 16.5. The molecular weight excluding hydrogens is 652 g/mol. The first-order valence-electron chi connectivity index (χ1n) is 16.4. The number of rotatable bonds is 8. The van der Waals surface area contributed by atoms with Gasteiger partial charge in [0.15, 0.2) is 0 Å². The Labute approximate surface area is 311 Å². The quantitative estimate of drug-likeness (QED) is 0.148. The molecule has 0 fully saturated rings. The summed E-state index contributed by atoms with van der Waals surface area (Å²) in [6, 6.07) is 22.3. The van der Waals surface area contributed by atoms with Crippen LogP contribution < -0.4 is 0 Å². The van der Waals surface area contributed by atoms with E-state index >= 15 is 0 Å². The first-order valence-corrected chi connectivity index (χ1v) is 16.4. The minimum absolute atomic E-state index is 0.359. The summed E-state index contributed by atoms with van der Waals surface area (Å²) in [6.07, 6.45) is 4.57. The number of esters is 4. The molecule has 0 aliphatic rings. The lowest BCUT2D eigenvalue weighted by atomic mass is 10.2. The largest absolute Gasteiger partial charge is 0.463 e. The first kappa shape index (κ1) is 64.7. The van der Waals surface area contributed by atoms with E-state index in [1.165, 1.54) is 5.56 Å². The summed E-state index contributed by atoms with van der Waals surface area (Å²) in [6.45, 7) is 31.6. The summed E-state index contributed by atoms with van der Waals surface area (Å²) in [4.78, 5) is 40.3. The second-order valence-electron chi connectivity index (χ2n) is 7.45. The van der Waals surface area contributed by atoms with Crippen LogP contribution >= 0.6 is 0 Å². The zero-order valence-electron chi connectivity index (χ0n) is 33.9. The lowest BCUT2D eigenvalue weighted by Crippen LogP contribution is -1.97. The van der Waals surface area contributed by atoms with Crippen LogP contribution in [0.4, 0.5) is 0 Å². The lowest BCUT2D eigenvalue weighted by Gasteiger charge is -1.90. The molecule has 0 bridgehead atoms. The molecule has 0 N–H and O–H groups in total. The summed E-state index contributed by atoms with van der Waals surface area (Å²) in [5.74, 6) is -1.44. The molecule has 10 heteroatoms. The number of ether oxygens (including phenoxy) is 6. The fourth-order valence-electron chi connectivity index (χ4n) is 1.72. The Morgan fingerprint density at radius 3 is 0.686 bits per heavy atom. The van der Waals surface area contributed by atoms with Crippen LogP contribution in [0.3, 0.4) is 0 Å². The van der Waals surface area contributed by atoms with Gasteiger partial charge >= 0.3 is 23.9 Å². The third-order valence-electron chi connectivity index (χ3n) is 3.42. The fourth-order valence-corrected chi connectivity index (χ4v) is 1.72. The van der Waals surface area contributed by atoms with Gasteiger partial charge in [0.1, 0.15) is 0 Å². The third-order valence-corrected chi connectivity index (χ3v) is 3.42. The summed E-state index contributed by atoms with van der Waals surface area (Å²) in [7, 11) is 6.50. The van der Waals surface area contributed by atoms with Crippen molar-refractivity contribution in [2.24, 2.45) is 0 Å². The minimum Gasteiger partial charge on any atom is -0.463 e. The Bertz CT molecular complexity index is 860. The predicted octanol–water partition coefficient (Wildman–Crippen LogP) is 9.20. The summed E-state index contributed by atoms with van der Waals surface area (Å²) in [5.41, 5.74) is 1.32. The van der Waals surface area contributed by atoms with Gasteiger partial charge in [-0.3, -0.25) is 0 Å². The molecule has 2 rings (SSSR count). The van der Waals surface area contributed by atoms with Crippen molar-refractivity contribution < 1.29 is 47.6 Å². The van der Waals surface area contributed by atoms with Gasteiger partial charge in [0.05, 0.1) is 26.4 Å². The second kappa shape index (κ2) is 71.3. The van der Waals surface area contributed by atoms with Gasteiger partial charge < -0.3 is 28.4 Å². The Morgan fingerprint density at radius 1 is 0.451 bits per heavy atom. The monoisotopic (exact) mass is 722 g/mol. The first-order chi connectivity index (χ1) is 24.5. The number of carbonyl (C=O) groups excluding carboxylic acids is 4. The van der Waals surface area contributed by atoms with Gasteiger partial charge in [-0.1, -0.05) is 126 Å². The van der Waals surface area contributed by atoms with Crippen molar-refractivity contribution in [1.29, 1.82) is 0 Å². The minimum atomic E-state index is -0.359. The zero-order valence-corrected chi connectivity index (χ0v) is 33.9. The van der Waals surface area contributed by atoms with Crippen molar-refractivity contribution >= 4 is 23.9 Å². The molecule has 0 unspecified atom stereocenters. The van der Waals surface area contributed by atoms with E-state index in [1.54, 1.807) is 56.1 Å². The molecule has 0 heterocycles. The summed E-state index contributed by atoms with van der Waals surface area (Å²) in [5, 5.41) is 0. The van der Waals surface area contributed by atoms with Crippen molar-refractivity contribution in [2.75, 3.05) is 54.9 Å². The molecule has 2 aromatic rings. The van der Waals surface area contributed by atoms with Gasteiger partial charge in [-0.25, -0.2) is 19.2 Å². The molecule has 0 saturated carbocycles. The smallest absolute Gasteiger partial charge is 0.330 e. The second-order valence-corrected chi connectivity index (χ2v) is 7.45. The van der Waals surface area contributed by atoms with Crippen LogP contribution in [-0.2, 0) is 47.6 Å². The van der Waals surface area contributed by atoms with Crippen LogP contribution in [0.2, 0.25) is 0 Å². The molecule has 0 aliphatic heterocycles. The Kier molecular flexibility index (Phi) is 90.4. The number of aryl methyl sites for hydroxylation is 1. The SMILES string of the molecule is C=CC(=O)OCC.C=CC(=O)OCC.C=CC(=O)OCC.C=CC(=O)OCC.CC.CC.COC.COC.Cc1ccccc1.c1ccccc1. The van der Waals surface area contributed by atoms with Crippen LogP contribution in [0, 0.1) is 6.92 Å². The molecule has 10 nitrogen and oxygen atoms in total. The highest BCUT2D eigenvalue weighted by Gasteiger charge is 1.88. The molecule has 0 saturated heterocycles. The van der Waals surface area contributed by atoms with Crippen molar-refractivity contribution in [3.8, 4) is 0 Å². The average molecular weight is 723 g/mol. The van der Waals surface area contributed by atoms with Gasteiger partial charge in [0.25, 0.3) is 0 Å². The van der Waals surface area contributed by atoms with Gasteiger partial charge in [-0.2, -0.15) is 0 Å². The molecule has 2 aromatic carbocycles. The third kappa shape index (κ3) is 98.9. The number of benzene rings is 2. The Balaban J connectivity index is -0.0000000689. The molecule has 0 aromatic heterocycles. The van der Waals surface area contributed by atoms with E-state index in [4.69, 9.17) is 0 Å². The van der Waals surface area contributed by atoms with Crippen molar-refractivity contribution in [3.63, 3.8) is 0 Å². The molecular formula is C41H70O10. The lowest BCUT2D eigenvalue weighted by molar-refractivity contribution is -0.138. The van der Waals surface area contributed by atoms with E-state index < -0.39 is 0 Å². The Hall–Kier alpha value is -4.80. The van der Waals surface area contributed by atoms with Crippen LogP contribution in [0.15, 0.2) is 117 Å². The van der Waals surface area contributed by atoms with Crippen LogP contribution in [0.5, 0.6) is 0 Å². The fraction of sp³-hybridized carbons (Fsp3) is 0.415. The van der Waals surface area contributed by atoms with E-state index in [9.17, 15) is 19.2 Å². The maximum absolute atomic E-state index is 10.1. The van der Waals surface area contributed by atoms with Crippen molar-refractivity contribution in [1.82, 2.24) is 0 Å². The van der Waals surface area contributed by atoms with E-state index in [1.807, 2.05) is 82.3 Å². The number of hydrogen-bond donors (Lipinski definition) is 0. The van der Waals surface area contributed by atoms with Crippen LogP contribution in [0.1, 0.15) is 61.0 Å². The number of carbonyl (C=O) groups is 4. The summed E-state index contributed by atoms with van der Waals surface area (Å²) >= 11 is 0. The van der Waals surface area contributed by atoms with Crippen LogP contribution in [-0.4, -0.2) is 78.7 Å². The topological polar surface area (TPSA) is 124 Å². The predicted molar refractivity (Wildman–Crippen MR) is 214 cm³/mol.